The monoisotopic (exact) mass is 343 g/mol. The lowest BCUT2D eigenvalue weighted by molar-refractivity contribution is -0.132. The van der Waals surface area contributed by atoms with E-state index in [2.05, 4.69) is 4.98 Å². The molecule has 2 heterocycles. The van der Waals surface area contributed by atoms with Gasteiger partial charge in [0.05, 0.1) is 6.54 Å². The molecule has 25 heavy (non-hydrogen) atoms. The number of carbonyl (C=O) groups excluding carboxylic acids is 1. The van der Waals surface area contributed by atoms with Crippen molar-refractivity contribution in [2.45, 2.75) is 38.8 Å². The van der Waals surface area contributed by atoms with E-state index in [-0.39, 0.29) is 19.1 Å². The number of aryl methyl sites for hydroxylation is 2. The highest BCUT2D eigenvalue weighted by Gasteiger charge is 2.39. The Morgan fingerprint density at radius 3 is 2.96 bits per heavy atom. The van der Waals surface area contributed by atoms with Crippen molar-refractivity contribution in [1.29, 1.82) is 0 Å². The summed E-state index contributed by atoms with van der Waals surface area (Å²) in [7, 11) is 0. The van der Waals surface area contributed by atoms with Crippen LogP contribution in [0.25, 0.3) is 0 Å². The van der Waals surface area contributed by atoms with Crippen molar-refractivity contribution in [3.63, 3.8) is 0 Å². The number of aromatic nitrogens is 2. The van der Waals surface area contributed by atoms with E-state index in [1.54, 1.807) is 11.1 Å². The lowest BCUT2D eigenvalue weighted by atomic mass is 10.1. The number of hydrogen-bond acceptors (Lipinski definition) is 4. The predicted molar refractivity (Wildman–Crippen MR) is 94.4 cm³/mol. The smallest absolute Gasteiger partial charge is 0.242 e. The van der Waals surface area contributed by atoms with Crippen molar-refractivity contribution < 1.29 is 14.6 Å². The Hall–Kier alpha value is -2.34. The summed E-state index contributed by atoms with van der Waals surface area (Å²) in [6, 6.07) is 7.73. The first-order valence-electron chi connectivity index (χ1n) is 8.69. The normalized spacial score (nSPS) is 20.0. The predicted octanol–water partition coefficient (Wildman–Crippen LogP) is 1.80. The molecule has 1 aromatic heterocycles. The molecule has 0 unspecified atom stereocenters. The van der Waals surface area contributed by atoms with Crippen LogP contribution in [0.1, 0.15) is 24.7 Å². The first-order chi connectivity index (χ1) is 12.0. The van der Waals surface area contributed by atoms with Crippen LogP contribution in [0, 0.1) is 6.92 Å². The SMILES string of the molecule is CCc1nccn1CC(=O)N1CC[C@](O)(COc2ccccc2C)C1. The highest BCUT2D eigenvalue weighted by molar-refractivity contribution is 5.76. The molecular weight excluding hydrogens is 318 g/mol. The quantitative estimate of drug-likeness (QED) is 0.868. The van der Waals surface area contributed by atoms with Crippen LogP contribution in [0.4, 0.5) is 0 Å². The fraction of sp³-hybridized carbons (Fsp3) is 0.474. The molecule has 1 aromatic carbocycles. The molecule has 6 nitrogen and oxygen atoms in total. The number of likely N-dealkylation sites (tertiary alicyclic amines) is 1. The minimum atomic E-state index is -1.000. The van der Waals surface area contributed by atoms with E-state index in [4.69, 9.17) is 4.74 Å². The number of aliphatic hydroxyl groups is 1. The van der Waals surface area contributed by atoms with Crippen LogP contribution in [0.3, 0.4) is 0 Å². The van der Waals surface area contributed by atoms with Crippen LogP contribution in [-0.4, -0.2) is 50.8 Å². The zero-order chi connectivity index (χ0) is 17.9. The van der Waals surface area contributed by atoms with Gasteiger partial charge in [-0.05, 0) is 25.0 Å². The van der Waals surface area contributed by atoms with Gasteiger partial charge in [0.25, 0.3) is 0 Å². The Morgan fingerprint density at radius 1 is 1.40 bits per heavy atom. The molecule has 0 saturated carbocycles. The Kier molecular flexibility index (Phi) is 5.08. The molecule has 0 spiro atoms. The molecule has 0 radical (unpaired) electrons. The highest BCUT2D eigenvalue weighted by Crippen LogP contribution is 2.24. The lowest BCUT2D eigenvalue weighted by Gasteiger charge is -2.24. The van der Waals surface area contributed by atoms with Gasteiger partial charge in [0.15, 0.2) is 0 Å². The maximum Gasteiger partial charge on any atom is 0.242 e. The molecule has 0 bridgehead atoms. The van der Waals surface area contributed by atoms with Crippen LogP contribution in [0.2, 0.25) is 0 Å². The number of rotatable bonds is 6. The zero-order valence-electron chi connectivity index (χ0n) is 14.8. The van der Waals surface area contributed by atoms with Gasteiger partial charge in [-0.3, -0.25) is 4.79 Å². The number of benzene rings is 1. The molecule has 3 rings (SSSR count). The van der Waals surface area contributed by atoms with Crippen LogP contribution >= 0.6 is 0 Å². The van der Waals surface area contributed by atoms with Gasteiger partial charge in [0.2, 0.25) is 5.91 Å². The summed E-state index contributed by atoms with van der Waals surface area (Å²) in [5.74, 6) is 1.66. The Labute approximate surface area is 148 Å². The maximum atomic E-state index is 12.5. The summed E-state index contributed by atoms with van der Waals surface area (Å²) in [6.07, 6.45) is 4.84. The summed E-state index contributed by atoms with van der Waals surface area (Å²) in [4.78, 5) is 18.5. The van der Waals surface area contributed by atoms with Crippen molar-refractivity contribution in [3.8, 4) is 5.75 Å². The van der Waals surface area contributed by atoms with Crippen molar-refractivity contribution >= 4 is 5.91 Å². The Balaban J connectivity index is 1.56. The Bertz CT molecular complexity index is 743. The molecule has 1 atom stereocenters. The molecule has 1 aliphatic rings. The number of imidazole rings is 1. The van der Waals surface area contributed by atoms with Gasteiger partial charge in [-0.2, -0.15) is 0 Å². The summed E-state index contributed by atoms with van der Waals surface area (Å²) in [6.45, 7) is 5.28. The van der Waals surface area contributed by atoms with E-state index >= 15 is 0 Å². The number of para-hydroxylation sites is 1. The standard InChI is InChI=1S/C19H25N3O3/c1-3-17-20-9-11-21(17)12-18(23)22-10-8-19(24,13-22)14-25-16-7-5-4-6-15(16)2/h4-7,9,11,24H,3,8,10,12-14H2,1-2H3/t19-/m1/s1. The van der Waals surface area contributed by atoms with Gasteiger partial charge in [-0.1, -0.05) is 25.1 Å². The molecule has 134 valence electrons. The van der Waals surface area contributed by atoms with Crippen LogP contribution in [0.5, 0.6) is 5.75 Å². The van der Waals surface area contributed by atoms with Crippen LogP contribution in [-0.2, 0) is 17.8 Å². The fourth-order valence-electron chi connectivity index (χ4n) is 3.16. The second kappa shape index (κ2) is 7.27. The van der Waals surface area contributed by atoms with E-state index in [0.717, 1.165) is 23.6 Å². The van der Waals surface area contributed by atoms with Crippen LogP contribution < -0.4 is 4.74 Å². The number of amides is 1. The number of hydrogen-bond donors (Lipinski definition) is 1. The molecule has 1 aliphatic heterocycles. The maximum absolute atomic E-state index is 12.5. The summed E-state index contributed by atoms with van der Waals surface area (Å²) >= 11 is 0. The highest BCUT2D eigenvalue weighted by atomic mass is 16.5. The van der Waals surface area contributed by atoms with Crippen molar-refractivity contribution in [2.24, 2.45) is 0 Å². The van der Waals surface area contributed by atoms with Gasteiger partial charge in [0, 0.05) is 25.4 Å². The van der Waals surface area contributed by atoms with Crippen molar-refractivity contribution in [3.05, 3.63) is 48.0 Å². The lowest BCUT2D eigenvalue weighted by Crippen LogP contribution is -2.41. The molecule has 1 fully saturated rings. The largest absolute Gasteiger partial charge is 0.490 e. The second-order valence-corrected chi connectivity index (χ2v) is 6.67. The molecule has 1 amide bonds. The third kappa shape index (κ3) is 4.02. The van der Waals surface area contributed by atoms with Gasteiger partial charge in [-0.15, -0.1) is 0 Å². The third-order valence-corrected chi connectivity index (χ3v) is 4.70. The summed E-state index contributed by atoms with van der Waals surface area (Å²) in [5.41, 5.74) is 0.0322. The summed E-state index contributed by atoms with van der Waals surface area (Å²) in [5, 5.41) is 10.8. The van der Waals surface area contributed by atoms with Gasteiger partial charge in [-0.25, -0.2) is 4.98 Å². The van der Waals surface area contributed by atoms with E-state index in [9.17, 15) is 9.90 Å². The van der Waals surface area contributed by atoms with E-state index in [1.165, 1.54) is 0 Å². The molecule has 1 saturated heterocycles. The molecule has 6 heteroatoms. The van der Waals surface area contributed by atoms with E-state index in [0.29, 0.717) is 19.5 Å². The van der Waals surface area contributed by atoms with Crippen LogP contribution in [0.15, 0.2) is 36.7 Å². The van der Waals surface area contributed by atoms with Gasteiger partial charge in [0.1, 0.15) is 30.3 Å². The number of β-amino-alcohol motifs (C(OH)–C–C–N with tert-alkyl or cyclic N) is 1. The third-order valence-electron chi connectivity index (χ3n) is 4.70. The van der Waals surface area contributed by atoms with Crippen molar-refractivity contribution in [2.75, 3.05) is 19.7 Å². The molecule has 1 N–H and O–H groups in total. The minimum Gasteiger partial charge on any atom is -0.490 e. The van der Waals surface area contributed by atoms with E-state index in [1.807, 2.05) is 48.9 Å². The topological polar surface area (TPSA) is 67.6 Å². The number of ether oxygens (including phenoxy) is 1. The number of nitrogens with zero attached hydrogens (tertiary/aromatic N) is 3. The first-order valence-corrected chi connectivity index (χ1v) is 8.69. The Morgan fingerprint density at radius 2 is 2.20 bits per heavy atom. The van der Waals surface area contributed by atoms with Gasteiger partial charge < -0.3 is 19.3 Å². The fourth-order valence-corrected chi connectivity index (χ4v) is 3.16. The first kappa shape index (κ1) is 17.5. The average Bonchev–Trinajstić information content (AvgIpc) is 3.21. The minimum absolute atomic E-state index is 0.000448. The molecule has 2 aromatic rings. The van der Waals surface area contributed by atoms with Gasteiger partial charge >= 0.3 is 0 Å². The van der Waals surface area contributed by atoms with E-state index < -0.39 is 5.60 Å². The molecule has 0 aliphatic carbocycles. The second-order valence-electron chi connectivity index (χ2n) is 6.67. The summed E-state index contributed by atoms with van der Waals surface area (Å²) < 4.78 is 7.66. The number of carbonyl (C=O) groups is 1. The molecular formula is C19H25N3O3. The average molecular weight is 343 g/mol. The zero-order valence-corrected chi connectivity index (χ0v) is 14.8. The van der Waals surface area contributed by atoms with Crippen molar-refractivity contribution in [1.82, 2.24) is 14.5 Å².